The molecule has 0 heterocycles. The van der Waals surface area contributed by atoms with Crippen molar-refractivity contribution in [1.82, 2.24) is 4.90 Å². The number of rotatable bonds is 5. The average molecular weight is 312 g/mol. The summed E-state index contributed by atoms with van der Waals surface area (Å²) >= 11 is 0. The van der Waals surface area contributed by atoms with Gasteiger partial charge in [-0.25, -0.2) is 13.6 Å². The summed E-state index contributed by atoms with van der Waals surface area (Å²) in [6.07, 6.45) is 0.898. The summed E-state index contributed by atoms with van der Waals surface area (Å²) in [5.41, 5.74) is 1.69. The zero-order valence-corrected chi connectivity index (χ0v) is 14.1. The van der Waals surface area contributed by atoms with Crippen LogP contribution in [0.25, 0.3) is 0 Å². The molecule has 0 aromatic heterocycles. The molecule has 1 aromatic rings. The monoisotopic (exact) mass is 312 g/mol. The molecule has 0 saturated carbocycles. The lowest BCUT2D eigenvalue weighted by molar-refractivity contribution is 0.0788. The van der Waals surface area contributed by atoms with E-state index >= 15 is 0 Å². The van der Waals surface area contributed by atoms with Gasteiger partial charge < -0.3 is 4.90 Å². The maximum Gasteiger partial charge on any atom is 0.253 e. The predicted octanol–water partition coefficient (Wildman–Crippen LogP) is 2.07. The molecule has 0 atom stereocenters. The van der Waals surface area contributed by atoms with Crippen LogP contribution >= 0.6 is 0 Å². The van der Waals surface area contributed by atoms with Crippen LogP contribution in [0, 0.1) is 19.8 Å². The van der Waals surface area contributed by atoms with E-state index < -0.39 is 10.0 Å². The van der Waals surface area contributed by atoms with Crippen LogP contribution in [0.4, 0.5) is 0 Å². The molecule has 21 heavy (non-hydrogen) atoms. The quantitative estimate of drug-likeness (QED) is 0.903. The third-order valence-electron chi connectivity index (χ3n) is 3.45. The van der Waals surface area contributed by atoms with Crippen LogP contribution in [0.5, 0.6) is 0 Å². The molecule has 1 aromatic carbocycles. The van der Waals surface area contributed by atoms with E-state index in [-0.39, 0.29) is 10.8 Å². The second kappa shape index (κ2) is 6.58. The van der Waals surface area contributed by atoms with Crippen LogP contribution in [-0.4, -0.2) is 32.8 Å². The minimum Gasteiger partial charge on any atom is -0.342 e. The van der Waals surface area contributed by atoms with E-state index in [4.69, 9.17) is 5.14 Å². The zero-order chi connectivity index (χ0) is 16.4. The number of sulfonamides is 1. The van der Waals surface area contributed by atoms with Gasteiger partial charge in [-0.15, -0.1) is 0 Å². The lowest BCUT2D eigenvalue weighted by Crippen LogP contribution is -2.29. The highest BCUT2D eigenvalue weighted by Crippen LogP contribution is 2.21. The zero-order valence-electron chi connectivity index (χ0n) is 13.3. The molecular weight excluding hydrogens is 288 g/mol. The maximum absolute atomic E-state index is 12.5. The molecule has 1 rings (SSSR count). The summed E-state index contributed by atoms with van der Waals surface area (Å²) in [5.74, 6) is 0.317. The van der Waals surface area contributed by atoms with Crippen molar-refractivity contribution in [3.63, 3.8) is 0 Å². The molecule has 0 radical (unpaired) electrons. The Morgan fingerprint density at radius 1 is 1.24 bits per heavy atom. The van der Waals surface area contributed by atoms with Crippen molar-refractivity contribution >= 4 is 15.9 Å². The number of amides is 1. The van der Waals surface area contributed by atoms with Crippen molar-refractivity contribution in [2.45, 2.75) is 39.0 Å². The molecule has 0 aliphatic carbocycles. The van der Waals surface area contributed by atoms with E-state index in [0.717, 1.165) is 12.0 Å². The second-order valence-electron chi connectivity index (χ2n) is 5.89. The van der Waals surface area contributed by atoms with Crippen molar-refractivity contribution in [3.05, 3.63) is 28.8 Å². The van der Waals surface area contributed by atoms with Crippen molar-refractivity contribution < 1.29 is 13.2 Å². The van der Waals surface area contributed by atoms with Crippen LogP contribution in [0.1, 0.15) is 41.8 Å². The van der Waals surface area contributed by atoms with Gasteiger partial charge in [-0.05, 0) is 43.4 Å². The normalized spacial score (nSPS) is 11.8. The number of carbonyl (C=O) groups is 1. The van der Waals surface area contributed by atoms with Crippen molar-refractivity contribution in [2.75, 3.05) is 13.6 Å². The fourth-order valence-corrected chi connectivity index (χ4v) is 2.92. The number of primary sulfonamides is 1. The highest BCUT2D eigenvalue weighted by atomic mass is 32.2. The summed E-state index contributed by atoms with van der Waals surface area (Å²) in [6, 6.07) is 3.07. The Morgan fingerprint density at radius 2 is 1.81 bits per heavy atom. The number of hydrogen-bond donors (Lipinski definition) is 1. The molecule has 0 saturated heterocycles. The van der Waals surface area contributed by atoms with Gasteiger partial charge in [0.25, 0.3) is 5.91 Å². The lowest BCUT2D eigenvalue weighted by Gasteiger charge is -2.20. The molecule has 0 aliphatic heterocycles. The Labute approximate surface area is 127 Å². The third-order valence-corrected chi connectivity index (χ3v) is 4.50. The van der Waals surface area contributed by atoms with E-state index in [1.54, 1.807) is 31.9 Å². The standard InChI is InChI=1S/C15H24N2O3S/c1-10(2)6-7-17(5)15(18)13-9-14(21(16,19)20)12(4)8-11(13)3/h8-10H,6-7H2,1-5H3,(H2,16,19,20). The van der Waals surface area contributed by atoms with Gasteiger partial charge in [-0.3, -0.25) is 4.79 Å². The Kier molecular flexibility index (Phi) is 5.53. The average Bonchev–Trinajstić information content (AvgIpc) is 2.33. The lowest BCUT2D eigenvalue weighted by atomic mass is 10.0. The van der Waals surface area contributed by atoms with E-state index in [1.165, 1.54) is 6.07 Å². The molecule has 0 aliphatic rings. The number of aryl methyl sites for hydroxylation is 2. The van der Waals surface area contributed by atoms with E-state index in [2.05, 4.69) is 13.8 Å². The van der Waals surface area contributed by atoms with Crippen molar-refractivity contribution in [1.29, 1.82) is 0 Å². The largest absolute Gasteiger partial charge is 0.342 e. The molecule has 0 unspecified atom stereocenters. The van der Waals surface area contributed by atoms with E-state index in [9.17, 15) is 13.2 Å². The third kappa shape index (κ3) is 4.54. The fourth-order valence-electron chi connectivity index (χ4n) is 2.13. The van der Waals surface area contributed by atoms with Crippen LogP contribution in [0.15, 0.2) is 17.0 Å². The number of benzene rings is 1. The maximum atomic E-state index is 12.5. The molecule has 5 nitrogen and oxygen atoms in total. The first-order valence-electron chi connectivity index (χ1n) is 6.93. The van der Waals surface area contributed by atoms with Crippen LogP contribution in [0.3, 0.4) is 0 Å². The molecular formula is C15H24N2O3S. The molecule has 0 bridgehead atoms. The summed E-state index contributed by atoms with van der Waals surface area (Å²) in [4.78, 5) is 14.1. The summed E-state index contributed by atoms with van der Waals surface area (Å²) < 4.78 is 23.2. The van der Waals surface area contributed by atoms with E-state index in [0.29, 0.717) is 23.6 Å². The second-order valence-corrected chi connectivity index (χ2v) is 7.42. The van der Waals surface area contributed by atoms with Gasteiger partial charge in [0, 0.05) is 19.2 Å². The van der Waals surface area contributed by atoms with Gasteiger partial charge in [0.05, 0.1) is 4.90 Å². The number of carbonyl (C=O) groups excluding carboxylic acids is 1. The van der Waals surface area contributed by atoms with Gasteiger partial charge in [0.15, 0.2) is 0 Å². The molecule has 6 heteroatoms. The fraction of sp³-hybridized carbons (Fsp3) is 0.533. The number of nitrogens with zero attached hydrogens (tertiary/aromatic N) is 1. The van der Waals surface area contributed by atoms with Gasteiger partial charge in [0.1, 0.15) is 0 Å². The number of hydrogen-bond acceptors (Lipinski definition) is 3. The summed E-state index contributed by atoms with van der Waals surface area (Å²) in [6.45, 7) is 8.28. The first-order valence-corrected chi connectivity index (χ1v) is 8.48. The Morgan fingerprint density at radius 3 is 2.29 bits per heavy atom. The first kappa shape index (κ1) is 17.7. The van der Waals surface area contributed by atoms with E-state index in [1.807, 2.05) is 0 Å². The summed E-state index contributed by atoms with van der Waals surface area (Å²) in [5, 5.41) is 5.20. The van der Waals surface area contributed by atoms with Gasteiger partial charge in [0.2, 0.25) is 10.0 Å². The Bertz CT molecular complexity index is 637. The molecule has 2 N–H and O–H groups in total. The number of nitrogens with two attached hydrogens (primary N) is 1. The molecule has 0 fully saturated rings. The minimum absolute atomic E-state index is 0.00806. The van der Waals surface area contributed by atoms with Crippen molar-refractivity contribution in [3.8, 4) is 0 Å². The topological polar surface area (TPSA) is 80.5 Å². The van der Waals surface area contributed by atoms with Gasteiger partial charge >= 0.3 is 0 Å². The predicted molar refractivity (Wildman–Crippen MR) is 83.7 cm³/mol. The Balaban J connectivity index is 3.16. The Hall–Kier alpha value is -1.40. The summed E-state index contributed by atoms with van der Waals surface area (Å²) in [7, 11) is -2.11. The molecule has 118 valence electrons. The van der Waals surface area contributed by atoms with Crippen molar-refractivity contribution in [2.24, 2.45) is 11.1 Å². The minimum atomic E-state index is -3.83. The highest BCUT2D eigenvalue weighted by Gasteiger charge is 2.20. The highest BCUT2D eigenvalue weighted by molar-refractivity contribution is 7.89. The smallest absolute Gasteiger partial charge is 0.253 e. The molecule has 1 amide bonds. The van der Waals surface area contributed by atoms with Crippen LogP contribution < -0.4 is 5.14 Å². The SMILES string of the molecule is Cc1cc(C)c(S(N)(=O)=O)cc1C(=O)N(C)CCC(C)C. The first-order chi connectivity index (χ1) is 9.54. The van der Waals surface area contributed by atoms with Gasteiger partial charge in [-0.2, -0.15) is 0 Å². The van der Waals surface area contributed by atoms with Crippen LogP contribution in [-0.2, 0) is 10.0 Å². The molecule has 0 spiro atoms. The van der Waals surface area contributed by atoms with Gasteiger partial charge in [-0.1, -0.05) is 19.9 Å². The van der Waals surface area contributed by atoms with Crippen LogP contribution in [0.2, 0.25) is 0 Å².